The Kier molecular flexibility index (Phi) is 2.37. The summed E-state index contributed by atoms with van der Waals surface area (Å²) in [5.41, 5.74) is 0. The summed E-state index contributed by atoms with van der Waals surface area (Å²) in [5.74, 6) is -1.76. The highest BCUT2D eigenvalue weighted by Crippen LogP contribution is 2.11. The van der Waals surface area contributed by atoms with E-state index < -0.39 is 18.0 Å². The average Bonchev–Trinajstić information content (AvgIpc) is 1.64. The topological polar surface area (TPSA) is 20.2 Å². The van der Waals surface area contributed by atoms with Gasteiger partial charge in [0.05, 0.1) is 0 Å². The second-order valence-corrected chi connectivity index (χ2v) is 1.25. The largest absolute Gasteiger partial charge is 0.484 e. The molecule has 48 valence electrons. The van der Waals surface area contributed by atoms with E-state index in [0.29, 0.717) is 0 Å². The highest BCUT2D eigenvalue weighted by atomic mass is 19.2. The van der Waals surface area contributed by atoms with Crippen LogP contribution in [0.1, 0.15) is 6.92 Å². The molecule has 0 bridgehead atoms. The molecule has 0 amide bonds. The zero-order chi connectivity index (χ0) is 6.73. The van der Waals surface area contributed by atoms with E-state index in [0.717, 1.165) is 6.92 Å². The van der Waals surface area contributed by atoms with E-state index in [2.05, 4.69) is 0 Å². The summed E-state index contributed by atoms with van der Waals surface area (Å²) in [7, 11) is 0. The summed E-state index contributed by atoms with van der Waals surface area (Å²) < 4.78 is 34.2. The molecule has 8 heavy (non-hydrogen) atoms. The van der Waals surface area contributed by atoms with Gasteiger partial charge in [0.15, 0.2) is 6.17 Å². The number of alkyl halides is 1. The highest BCUT2D eigenvalue weighted by Gasteiger charge is 2.11. The molecule has 0 aromatic heterocycles. The lowest BCUT2D eigenvalue weighted by molar-refractivity contribution is 0.229. The molecule has 1 nitrogen and oxygen atoms in total. The normalized spacial score (nSPS) is 17.5. The van der Waals surface area contributed by atoms with E-state index in [1.807, 2.05) is 0 Å². The molecule has 0 spiro atoms. The Bertz CT molecular complexity index is 104. The van der Waals surface area contributed by atoms with Gasteiger partial charge >= 0.3 is 6.01 Å². The summed E-state index contributed by atoms with van der Waals surface area (Å²) in [4.78, 5) is 0. The maximum atomic E-state index is 11.5. The summed E-state index contributed by atoms with van der Waals surface area (Å²) in [5, 5.41) is 7.59. The van der Waals surface area contributed by atoms with Crippen LogP contribution in [0.2, 0.25) is 0 Å². The molecule has 0 aliphatic carbocycles. The lowest BCUT2D eigenvalue weighted by Gasteiger charge is -1.93. The zero-order valence-corrected chi connectivity index (χ0v) is 4.16. The molecule has 0 saturated heterocycles. The molecule has 0 saturated carbocycles. The monoisotopic (exact) mass is 126 g/mol. The van der Waals surface area contributed by atoms with E-state index >= 15 is 0 Å². The second-order valence-electron chi connectivity index (χ2n) is 1.25. The Morgan fingerprint density at radius 2 is 1.88 bits per heavy atom. The van der Waals surface area contributed by atoms with Gasteiger partial charge in [0.2, 0.25) is 5.83 Å². The molecule has 0 aromatic rings. The minimum absolute atomic E-state index is 0.783. The lowest BCUT2D eigenvalue weighted by Crippen LogP contribution is -1.94. The Balaban J connectivity index is 4.00. The quantitative estimate of drug-likeness (QED) is 0.533. The molecule has 0 rings (SSSR count). The first kappa shape index (κ1) is 7.33. The number of halogens is 3. The molecule has 0 radical (unpaired) electrons. The Morgan fingerprint density at radius 1 is 1.50 bits per heavy atom. The third-order valence-corrected chi connectivity index (χ3v) is 0.546. The third kappa shape index (κ3) is 1.86. The van der Waals surface area contributed by atoms with Gasteiger partial charge < -0.3 is 5.11 Å². The van der Waals surface area contributed by atoms with Crippen LogP contribution in [0.3, 0.4) is 0 Å². The van der Waals surface area contributed by atoms with Crippen molar-refractivity contribution in [3.05, 3.63) is 11.8 Å². The smallest absolute Gasteiger partial charge is 0.305 e. The van der Waals surface area contributed by atoms with Gasteiger partial charge in [0.1, 0.15) is 0 Å². The van der Waals surface area contributed by atoms with Crippen LogP contribution in [0.25, 0.3) is 0 Å². The Hall–Kier alpha value is -0.670. The van der Waals surface area contributed by atoms with Crippen LogP contribution in [0.15, 0.2) is 11.8 Å². The van der Waals surface area contributed by atoms with Crippen molar-refractivity contribution in [1.82, 2.24) is 0 Å². The fourth-order valence-electron chi connectivity index (χ4n) is 0.164. The zero-order valence-electron chi connectivity index (χ0n) is 4.16. The molecule has 4 heteroatoms. The van der Waals surface area contributed by atoms with Crippen molar-refractivity contribution in [2.45, 2.75) is 13.1 Å². The SMILES string of the molecule is CC(F)C(F)=C(O)F. The van der Waals surface area contributed by atoms with Crippen LogP contribution >= 0.6 is 0 Å². The number of rotatable bonds is 1. The van der Waals surface area contributed by atoms with E-state index in [-0.39, 0.29) is 0 Å². The maximum Gasteiger partial charge on any atom is 0.305 e. The molecule has 1 atom stereocenters. The van der Waals surface area contributed by atoms with Crippen molar-refractivity contribution in [3.8, 4) is 0 Å². The van der Waals surface area contributed by atoms with Crippen molar-refractivity contribution in [2.75, 3.05) is 0 Å². The summed E-state index contributed by atoms with van der Waals surface area (Å²) in [6.45, 7) is 0.783. The maximum absolute atomic E-state index is 11.5. The van der Waals surface area contributed by atoms with E-state index in [1.54, 1.807) is 0 Å². The van der Waals surface area contributed by atoms with Crippen LogP contribution in [-0.2, 0) is 0 Å². The Morgan fingerprint density at radius 3 is 1.88 bits per heavy atom. The molecular formula is C4H5F3O. The van der Waals surface area contributed by atoms with E-state index in [4.69, 9.17) is 5.11 Å². The summed E-state index contributed by atoms with van der Waals surface area (Å²) in [6, 6.07) is -2.08. The number of aliphatic hydroxyl groups is 1. The number of aliphatic hydroxyl groups excluding tert-OH is 1. The summed E-state index contributed by atoms with van der Waals surface area (Å²) >= 11 is 0. The van der Waals surface area contributed by atoms with Gasteiger partial charge in [-0.2, -0.15) is 4.39 Å². The van der Waals surface area contributed by atoms with Gasteiger partial charge in [-0.1, -0.05) is 0 Å². The Labute approximate surface area is 44.4 Å². The molecule has 0 aromatic carbocycles. The standard InChI is InChI=1S/C4H5F3O/c1-2(5)3(6)4(7)8/h2,8H,1H3. The van der Waals surface area contributed by atoms with Crippen LogP contribution in [0.5, 0.6) is 0 Å². The van der Waals surface area contributed by atoms with Gasteiger partial charge in [0.25, 0.3) is 0 Å². The molecule has 0 aliphatic heterocycles. The molecule has 1 unspecified atom stereocenters. The van der Waals surface area contributed by atoms with Gasteiger partial charge in [0, 0.05) is 0 Å². The van der Waals surface area contributed by atoms with Crippen molar-refractivity contribution in [2.24, 2.45) is 0 Å². The fourth-order valence-corrected chi connectivity index (χ4v) is 0.164. The first-order chi connectivity index (χ1) is 3.55. The predicted octanol–water partition coefficient (Wildman–Crippen LogP) is 2.01. The first-order valence-electron chi connectivity index (χ1n) is 1.94. The number of hydrogen-bond donors (Lipinski definition) is 1. The number of allylic oxidation sites excluding steroid dienone is 1. The van der Waals surface area contributed by atoms with Gasteiger partial charge in [-0.15, -0.1) is 0 Å². The van der Waals surface area contributed by atoms with Crippen LogP contribution in [0.4, 0.5) is 13.2 Å². The lowest BCUT2D eigenvalue weighted by atomic mass is 10.4. The van der Waals surface area contributed by atoms with E-state index in [1.165, 1.54) is 0 Å². The first-order valence-corrected chi connectivity index (χ1v) is 1.94. The summed E-state index contributed by atoms with van der Waals surface area (Å²) in [6.07, 6.45) is -2.07. The minimum atomic E-state index is -2.08. The highest BCUT2D eigenvalue weighted by molar-refractivity contribution is 4.95. The average molecular weight is 126 g/mol. The van der Waals surface area contributed by atoms with Crippen LogP contribution in [-0.4, -0.2) is 11.3 Å². The third-order valence-electron chi connectivity index (χ3n) is 0.546. The minimum Gasteiger partial charge on any atom is -0.484 e. The molecule has 0 aliphatic rings. The van der Waals surface area contributed by atoms with Crippen molar-refractivity contribution in [3.63, 3.8) is 0 Å². The number of hydrogen-bond acceptors (Lipinski definition) is 1. The van der Waals surface area contributed by atoms with Crippen LogP contribution in [0, 0.1) is 0 Å². The second kappa shape index (κ2) is 2.59. The molecule has 0 fully saturated rings. The molecule has 1 N–H and O–H groups in total. The van der Waals surface area contributed by atoms with Gasteiger partial charge in [-0.05, 0) is 6.92 Å². The molecule has 0 heterocycles. The van der Waals surface area contributed by atoms with Crippen LogP contribution < -0.4 is 0 Å². The van der Waals surface area contributed by atoms with Crippen molar-refractivity contribution < 1.29 is 18.3 Å². The predicted molar refractivity (Wildman–Crippen MR) is 22.4 cm³/mol. The van der Waals surface area contributed by atoms with E-state index in [9.17, 15) is 13.2 Å². The van der Waals surface area contributed by atoms with Crippen molar-refractivity contribution >= 4 is 0 Å². The fraction of sp³-hybridized carbons (Fsp3) is 0.500. The van der Waals surface area contributed by atoms with Gasteiger partial charge in [-0.25, -0.2) is 8.78 Å². The molecular weight excluding hydrogens is 121 g/mol. The van der Waals surface area contributed by atoms with Gasteiger partial charge in [-0.3, -0.25) is 0 Å². The van der Waals surface area contributed by atoms with Crippen molar-refractivity contribution in [1.29, 1.82) is 0 Å².